The number of halogens is 1. The lowest BCUT2D eigenvalue weighted by molar-refractivity contribution is 0.174. The van der Waals surface area contributed by atoms with Gasteiger partial charge in [-0.3, -0.25) is 4.68 Å². The van der Waals surface area contributed by atoms with Crippen molar-refractivity contribution >= 4 is 15.9 Å². The van der Waals surface area contributed by atoms with Gasteiger partial charge in [0.15, 0.2) is 11.5 Å². The van der Waals surface area contributed by atoms with Crippen molar-refractivity contribution in [2.75, 3.05) is 6.79 Å². The van der Waals surface area contributed by atoms with Crippen LogP contribution in [0.1, 0.15) is 0 Å². The summed E-state index contributed by atoms with van der Waals surface area (Å²) in [5.74, 6) is 1.57. The number of nitrogens with zero attached hydrogens (tertiary/aromatic N) is 2. The predicted molar refractivity (Wildman–Crippen MR) is 87.9 cm³/mol. The summed E-state index contributed by atoms with van der Waals surface area (Å²) in [7, 11) is 1.95. The van der Waals surface area contributed by atoms with Crippen LogP contribution >= 0.6 is 15.9 Å². The Hall–Kier alpha value is -2.27. The van der Waals surface area contributed by atoms with Crippen LogP contribution in [0, 0.1) is 0 Å². The number of ether oxygens (including phenoxy) is 2. The predicted octanol–water partition coefficient (Wildman–Crippen LogP) is 4.25. The topological polar surface area (TPSA) is 36.3 Å². The van der Waals surface area contributed by atoms with Crippen molar-refractivity contribution in [2.45, 2.75) is 0 Å². The Balaban J connectivity index is 1.77. The Kier molecular flexibility index (Phi) is 3.15. The number of fused-ring (bicyclic) bond motifs is 1. The quantitative estimate of drug-likeness (QED) is 0.688. The van der Waals surface area contributed by atoms with Crippen molar-refractivity contribution in [3.8, 4) is 34.0 Å². The summed E-state index contributed by atoms with van der Waals surface area (Å²) in [6.45, 7) is 0.285. The maximum absolute atomic E-state index is 5.45. The maximum atomic E-state index is 5.45. The van der Waals surface area contributed by atoms with Gasteiger partial charge in [0.2, 0.25) is 6.79 Å². The molecule has 3 aromatic rings. The smallest absolute Gasteiger partial charge is 0.231 e. The molecule has 0 spiro atoms. The molecule has 22 heavy (non-hydrogen) atoms. The van der Waals surface area contributed by atoms with Gasteiger partial charge in [-0.2, -0.15) is 5.10 Å². The molecule has 2 aromatic carbocycles. The first-order chi connectivity index (χ1) is 10.7. The van der Waals surface area contributed by atoms with Gasteiger partial charge in [-0.05, 0) is 36.4 Å². The van der Waals surface area contributed by atoms with E-state index in [0.29, 0.717) is 0 Å². The molecule has 1 aromatic heterocycles. The van der Waals surface area contributed by atoms with Gasteiger partial charge in [-0.1, -0.05) is 28.1 Å². The third-order valence-corrected chi connectivity index (χ3v) is 4.16. The number of hydrogen-bond acceptors (Lipinski definition) is 3. The molecule has 0 amide bonds. The third-order valence-electron chi connectivity index (χ3n) is 3.67. The van der Waals surface area contributed by atoms with Crippen LogP contribution in [-0.2, 0) is 7.05 Å². The van der Waals surface area contributed by atoms with E-state index >= 15 is 0 Å². The van der Waals surface area contributed by atoms with Crippen LogP contribution in [0.2, 0.25) is 0 Å². The van der Waals surface area contributed by atoms with E-state index in [1.807, 2.05) is 42.1 Å². The second kappa shape index (κ2) is 5.18. The van der Waals surface area contributed by atoms with E-state index in [1.54, 1.807) is 0 Å². The van der Waals surface area contributed by atoms with E-state index in [0.717, 1.165) is 38.5 Å². The molecule has 0 saturated heterocycles. The Bertz CT molecular complexity index is 858. The highest BCUT2D eigenvalue weighted by Gasteiger charge is 2.16. The molecule has 1 aliphatic heterocycles. The summed E-state index contributed by atoms with van der Waals surface area (Å²) >= 11 is 3.50. The minimum Gasteiger partial charge on any atom is -0.454 e. The van der Waals surface area contributed by atoms with E-state index in [9.17, 15) is 0 Å². The molecule has 4 nitrogen and oxygen atoms in total. The summed E-state index contributed by atoms with van der Waals surface area (Å²) in [4.78, 5) is 0. The van der Waals surface area contributed by atoms with E-state index in [2.05, 4.69) is 39.2 Å². The fraction of sp³-hybridized carbons (Fsp3) is 0.118. The van der Waals surface area contributed by atoms with Crippen LogP contribution < -0.4 is 9.47 Å². The van der Waals surface area contributed by atoms with Crippen molar-refractivity contribution in [3.05, 3.63) is 53.0 Å². The second-order valence-electron chi connectivity index (χ2n) is 5.12. The highest BCUT2D eigenvalue weighted by Crippen LogP contribution is 2.36. The Morgan fingerprint density at radius 3 is 2.73 bits per heavy atom. The fourth-order valence-electron chi connectivity index (χ4n) is 2.58. The zero-order valence-corrected chi connectivity index (χ0v) is 13.5. The molecule has 5 heteroatoms. The molecule has 0 radical (unpaired) electrons. The van der Waals surface area contributed by atoms with E-state index < -0.39 is 0 Å². The molecule has 0 aliphatic carbocycles. The van der Waals surface area contributed by atoms with Gasteiger partial charge in [-0.15, -0.1) is 0 Å². The number of hydrogen-bond donors (Lipinski definition) is 0. The van der Waals surface area contributed by atoms with E-state index in [4.69, 9.17) is 9.47 Å². The number of aromatic nitrogens is 2. The summed E-state index contributed by atoms with van der Waals surface area (Å²) in [5, 5.41) is 4.62. The van der Waals surface area contributed by atoms with E-state index in [1.165, 1.54) is 0 Å². The first-order valence-corrected chi connectivity index (χ1v) is 7.70. The maximum Gasteiger partial charge on any atom is 0.231 e. The second-order valence-corrected chi connectivity index (χ2v) is 6.03. The van der Waals surface area contributed by atoms with E-state index in [-0.39, 0.29) is 6.79 Å². The van der Waals surface area contributed by atoms with Crippen LogP contribution in [0.15, 0.2) is 53.0 Å². The van der Waals surface area contributed by atoms with Gasteiger partial charge in [0.1, 0.15) is 0 Å². The largest absolute Gasteiger partial charge is 0.454 e. The molecular weight excluding hydrogens is 344 g/mol. The van der Waals surface area contributed by atoms with Crippen molar-refractivity contribution in [3.63, 3.8) is 0 Å². The van der Waals surface area contributed by atoms with Gasteiger partial charge in [0, 0.05) is 22.6 Å². The normalized spacial score (nSPS) is 12.6. The molecule has 110 valence electrons. The molecule has 0 fully saturated rings. The SMILES string of the molecule is Cn1nc(-c2cccc(Br)c2)cc1-c1ccc2c(c1)OCO2. The average Bonchev–Trinajstić information content (AvgIpc) is 3.12. The highest BCUT2D eigenvalue weighted by atomic mass is 79.9. The lowest BCUT2D eigenvalue weighted by Gasteiger charge is -2.03. The molecule has 4 rings (SSSR count). The number of rotatable bonds is 2. The Morgan fingerprint density at radius 2 is 1.86 bits per heavy atom. The van der Waals surface area contributed by atoms with Crippen molar-refractivity contribution < 1.29 is 9.47 Å². The zero-order chi connectivity index (χ0) is 15.1. The van der Waals surface area contributed by atoms with Gasteiger partial charge in [0.25, 0.3) is 0 Å². The van der Waals surface area contributed by atoms with Crippen LogP contribution in [-0.4, -0.2) is 16.6 Å². The van der Waals surface area contributed by atoms with Gasteiger partial charge in [0.05, 0.1) is 11.4 Å². The van der Waals surface area contributed by atoms with Crippen LogP contribution in [0.25, 0.3) is 22.5 Å². The summed E-state index contributed by atoms with van der Waals surface area (Å²) in [6, 6.07) is 16.2. The molecule has 1 aliphatic rings. The lowest BCUT2D eigenvalue weighted by Crippen LogP contribution is -1.94. The molecule has 0 unspecified atom stereocenters. The summed E-state index contributed by atoms with van der Waals surface area (Å²) in [6.07, 6.45) is 0. The Morgan fingerprint density at radius 1 is 1.00 bits per heavy atom. The molecule has 2 heterocycles. The first kappa shape index (κ1) is 13.4. The fourth-order valence-corrected chi connectivity index (χ4v) is 2.98. The van der Waals surface area contributed by atoms with Crippen molar-refractivity contribution in [2.24, 2.45) is 7.05 Å². The summed E-state index contributed by atoms with van der Waals surface area (Å²) in [5.41, 5.74) is 4.11. The van der Waals surface area contributed by atoms with Gasteiger partial charge >= 0.3 is 0 Å². The zero-order valence-electron chi connectivity index (χ0n) is 11.9. The highest BCUT2D eigenvalue weighted by molar-refractivity contribution is 9.10. The van der Waals surface area contributed by atoms with Crippen molar-refractivity contribution in [1.29, 1.82) is 0 Å². The van der Waals surface area contributed by atoms with Crippen LogP contribution in [0.3, 0.4) is 0 Å². The van der Waals surface area contributed by atoms with Crippen LogP contribution in [0.4, 0.5) is 0 Å². The first-order valence-electron chi connectivity index (χ1n) is 6.91. The third kappa shape index (κ3) is 2.27. The standard InChI is InChI=1S/C17H13BrN2O2/c1-20-15(12-5-6-16-17(8-12)22-10-21-16)9-14(19-20)11-3-2-4-13(18)7-11/h2-9H,10H2,1H3. The molecule has 0 N–H and O–H groups in total. The molecule has 0 atom stereocenters. The molecule has 0 bridgehead atoms. The van der Waals surface area contributed by atoms with Gasteiger partial charge < -0.3 is 9.47 Å². The number of aryl methyl sites for hydroxylation is 1. The minimum atomic E-state index is 0.285. The lowest BCUT2D eigenvalue weighted by atomic mass is 10.1. The van der Waals surface area contributed by atoms with Crippen LogP contribution in [0.5, 0.6) is 11.5 Å². The monoisotopic (exact) mass is 356 g/mol. The summed E-state index contributed by atoms with van der Waals surface area (Å²) < 4.78 is 13.7. The number of benzene rings is 2. The molecule has 0 saturated carbocycles. The van der Waals surface area contributed by atoms with Crippen molar-refractivity contribution in [1.82, 2.24) is 9.78 Å². The van der Waals surface area contributed by atoms with Gasteiger partial charge in [-0.25, -0.2) is 0 Å². The average molecular weight is 357 g/mol. The minimum absolute atomic E-state index is 0.285. The Labute approximate surface area is 136 Å². The molecular formula is C17H13BrN2O2.